The second kappa shape index (κ2) is 3.05. The van der Waals surface area contributed by atoms with Crippen molar-refractivity contribution in [1.82, 2.24) is 5.32 Å². The zero-order valence-corrected chi connectivity index (χ0v) is 7.38. The summed E-state index contributed by atoms with van der Waals surface area (Å²) in [5.74, 6) is 0.184. The van der Waals surface area contributed by atoms with Gasteiger partial charge in [0.2, 0.25) is 0 Å². The summed E-state index contributed by atoms with van der Waals surface area (Å²) in [5.41, 5.74) is 0. The Morgan fingerprint density at radius 1 is 1.42 bits per heavy atom. The van der Waals surface area contributed by atoms with Gasteiger partial charge in [0.15, 0.2) is 0 Å². The largest absolute Gasteiger partial charge is 0.466 e. The predicted molar refractivity (Wildman–Crippen MR) is 44.7 cm³/mol. The molecule has 2 bridgehead atoms. The maximum atomic E-state index is 11.3. The van der Waals surface area contributed by atoms with Crippen LogP contribution < -0.4 is 5.32 Å². The molecular formula is C9H15NO2. The molecule has 3 heteroatoms. The van der Waals surface area contributed by atoms with E-state index in [0.29, 0.717) is 18.7 Å². The summed E-state index contributed by atoms with van der Waals surface area (Å²) in [5, 5.41) is 3.40. The SMILES string of the molecule is CCOC(=O)C1CC2CC(C1)N2. The Balaban J connectivity index is 1.85. The highest BCUT2D eigenvalue weighted by Crippen LogP contribution is 2.33. The van der Waals surface area contributed by atoms with E-state index in [9.17, 15) is 4.79 Å². The summed E-state index contributed by atoms with van der Waals surface area (Å²) in [6.07, 6.45) is 3.22. The van der Waals surface area contributed by atoms with Gasteiger partial charge in [-0.15, -0.1) is 0 Å². The molecule has 2 heterocycles. The lowest BCUT2D eigenvalue weighted by molar-refractivity contribution is -0.151. The van der Waals surface area contributed by atoms with Gasteiger partial charge in [0.25, 0.3) is 0 Å². The third kappa shape index (κ3) is 1.33. The number of hydrogen-bond donors (Lipinski definition) is 1. The lowest BCUT2D eigenvalue weighted by Crippen LogP contribution is -2.59. The standard InChI is InChI=1S/C9H15NO2/c1-2-12-9(11)6-3-7-5-8(4-6)10-7/h6-8,10H,2-5H2,1H3. The van der Waals surface area contributed by atoms with E-state index in [2.05, 4.69) is 5.32 Å². The Kier molecular flexibility index (Phi) is 2.05. The minimum absolute atomic E-state index is 0.00806. The molecule has 0 amide bonds. The fourth-order valence-electron chi connectivity index (χ4n) is 2.22. The summed E-state index contributed by atoms with van der Waals surface area (Å²) in [7, 11) is 0. The van der Waals surface area contributed by atoms with Gasteiger partial charge in [-0.1, -0.05) is 0 Å². The van der Waals surface area contributed by atoms with E-state index < -0.39 is 0 Å². The van der Waals surface area contributed by atoms with Gasteiger partial charge in [0.1, 0.15) is 0 Å². The molecule has 1 aliphatic carbocycles. The highest BCUT2D eigenvalue weighted by atomic mass is 16.5. The molecule has 0 aromatic carbocycles. The number of rotatable bonds is 2. The van der Waals surface area contributed by atoms with Crippen molar-refractivity contribution in [1.29, 1.82) is 0 Å². The van der Waals surface area contributed by atoms with Crippen molar-refractivity contribution in [3.8, 4) is 0 Å². The quantitative estimate of drug-likeness (QED) is 0.618. The Labute approximate surface area is 72.5 Å². The number of nitrogens with one attached hydrogen (secondary N) is 1. The molecule has 3 rings (SSSR count). The number of carbonyl (C=O) groups excluding carboxylic acids is 1. The van der Waals surface area contributed by atoms with Crippen LogP contribution in [0.5, 0.6) is 0 Å². The highest BCUT2D eigenvalue weighted by Gasteiger charge is 2.40. The van der Waals surface area contributed by atoms with Crippen LogP contribution in [0.1, 0.15) is 26.2 Å². The number of ether oxygens (including phenoxy) is 1. The minimum atomic E-state index is 0.00806. The Hall–Kier alpha value is -0.570. The predicted octanol–water partition coefficient (Wildman–Crippen LogP) is 0.690. The Morgan fingerprint density at radius 3 is 2.50 bits per heavy atom. The van der Waals surface area contributed by atoms with Crippen molar-refractivity contribution < 1.29 is 9.53 Å². The second-order valence-electron chi connectivity index (χ2n) is 3.72. The van der Waals surface area contributed by atoms with Crippen LogP contribution in [0.3, 0.4) is 0 Å². The topological polar surface area (TPSA) is 38.3 Å². The maximum absolute atomic E-state index is 11.3. The molecule has 0 spiro atoms. The van der Waals surface area contributed by atoms with Crippen molar-refractivity contribution in [2.75, 3.05) is 6.61 Å². The number of carbonyl (C=O) groups is 1. The van der Waals surface area contributed by atoms with Crippen LogP contribution in [0.2, 0.25) is 0 Å². The van der Waals surface area contributed by atoms with Gasteiger partial charge in [-0.2, -0.15) is 0 Å². The van der Waals surface area contributed by atoms with Gasteiger partial charge in [-0.25, -0.2) is 0 Å². The first-order valence-corrected chi connectivity index (χ1v) is 4.72. The van der Waals surface area contributed by atoms with Crippen LogP contribution in [-0.4, -0.2) is 24.7 Å². The molecule has 3 aliphatic rings. The van der Waals surface area contributed by atoms with E-state index in [1.54, 1.807) is 0 Å². The van der Waals surface area contributed by atoms with Crippen molar-refractivity contribution in [3.05, 3.63) is 0 Å². The molecule has 1 saturated carbocycles. The number of fused-ring (bicyclic) bond motifs is 2. The first-order chi connectivity index (χ1) is 5.79. The molecule has 2 saturated heterocycles. The average molecular weight is 169 g/mol. The zero-order chi connectivity index (χ0) is 8.55. The summed E-state index contributed by atoms with van der Waals surface area (Å²) < 4.78 is 4.98. The van der Waals surface area contributed by atoms with Crippen LogP contribution in [0, 0.1) is 5.92 Å². The first kappa shape index (κ1) is 8.05. The van der Waals surface area contributed by atoms with E-state index in [0.717, 1.165) is 12.8 Å². The van der Waals surface area contributed by atoms with Crippen molar-refractivity contribution in [2.45, 2.75) is 38.3 Å². The maximum Gasteiger partial charge on any atom is 0.309 e. The summed E-state index contributed by atoms with van der Waals surface area (Å²) >= 11 is 0. The van der Waals surface area contributed by atoms with Gasteiger partial charge >= 0.3 is 5.97 Å². The van der Waals surface area contributed by atoms with Gasteiger partial charge in [-0.05, 0) is 26.2 Å². The van der Waals surface area contributed by atoms with E-state index in [1.807, 2.05) is 6.92 Å². The Morgan fingerprint density at radius 2 is 2.00 bits per heavy atom. The van der Waals surface area contributed by atoms with Gasteiger partial charge in [0.05, 0.1) is 12.5 Å². The van der Waals surface area contributed by atoms with Crippen LogP contribution in [0.15, 0.2) is 0 Å². The fraction of sp³-hybridized carbons (Fsp3) is 0.889. The minimum Gasteiger partial charge on any atom is -0.466 e. The first-order valence-electron chi connectivity index (χ1n) is 4.72. The van der Waals surface area contributed by atoms with Crippen molar-refractivity contribution in [3.63, 3.8) is 0 Å². The zero-order valence-electron chi connectivity index (χ0n) is 7.38. The van der Waals surface area contributed by atoms with Crippen molar-refractivity contribution in [2.24, 2.45) is 5.92 Å². The number of piperidine rings is 1. The molecule has 68 valence electrons. The van der Waals surface area contributed by atoms with Gasteiger partial charge < -0.3 is 10.1 Å². The molecule has 3 nitrogen and oxygen atoms in total. The van der Waals surface area contributed by atoms with E-state index >= 15 is 0 Å². The average Bonchev–Trinajstić information content (AvgIpc) is 2.04. The summed E-state index contributed by atoms with van der Waals surface area (Å²) in [6.45, 7) is 2.37. The Bertz CT molecular complexity index is 177. The fourth-order valence-corrected chi connectivity index (χ4v) is 2.22. The lowest BCUT2D eigenvalue weighted by Gasteiger charge is -2.45. The highest BCUT2D eigenvalue weighted by molar-refractivity contribution is 5.72. The van der Waals surface area contributed by atoms with Gasteiger partial charge in [-0.3, -0.25) is 4.79 Å². The summed E-state index contributed by atoms with van der Waals surface area (Å²) in [4.78, 5) is 11.3. The molecule has 2 aliphatic heterocycles. The smallest absolute Gasteiger partial charge is 0.309 e. The van der Waals surface area contributed by atoms with Crippen molar-refractivity contribution >= 4 is 5.97 Å². The summed E-state index contributed by atoms with van der Waals surface area (Å²) in [6, 6.07) is 1.19. The van der Waals surface area contributed by atoms with E-state index in [-0.39, 0.29) is 11.9 Å². The van der Waals surface area contributed by atoms with E-state index in [1.165, 1.54) is 6.42 Å². The molecule has 1 N–H and O–H groups in total. The number of hydrogen-bond acceptors (Lipinski definition) is 3. The third-order valence-electron chi connectivity index (χ3n) is 2.80. The van der Waals surface area contributed by atoms with Crippen LogP contribution >= 0.6 is 0 Å². The van der Waals surface area contributed by atoms with Crippen LogP contribution in [0.25, 0.3) is 0 Å². The molecule has 0 radical (unpaired) electrons. The number of esters is 1. The molecule has 3 fully saturated rings. The molecule has 2 atom stereocenters. The third-order valence-corrected chi connectivity index (χ3v) is 2.80. The second-order valence-corrected chi connectivity index (χ2v) is 3.72. The van der Waals surface area contributed by atoms with E-state index in [4.69, 9.17) is 4.74 Å². The van der Waals surface area contributed by atoms with Crippen LogP contribution in [0.4, 0.5) is 0 Å². The lowest BCUT2D eigenvalue weighted by atomic mass is 9.76. The van der Waals surface area contributed by atoms with Gasteiger partial charge in [0, 0.05) is 12.1 Å². The molecule has 12 heavy (non-hydrogen) atoms. The molecule has 0 aromatic heterocycles. The molecular weight excluding hydrogens is 154 g/mol. The monoisotopic (exact) mass is 169 g/mol. The molecule has 2 unspecified atom stereocenters. The van der Waals surface area contributed by atoms with Crippen LogP contribution in [-0.2, 0) is 9.53 Å². The normalized spacial score (nSPS) is 38.6. The molecule has 0 aromatic rings.